The van der Waals surface area contributed by atoms with Gasteiger partial charge >= 0.3 is 0 Å². The fourth-order valence-corrected chi connectivity index (χ4v) is 3.39. The molecule has 3 heteroatoms. The van der Waals surface area contributed by atoms with Crippen molar-refractivity contribution in [1.29, 1.82) is 0 Å². The van der Waals surface area contributed by atoms with E-state index in [0.717, 1.165) is 12.0 Å². The third-order valence-electron chi connectivity index (χ3n) is 4.22. The van der Waals surface area contributed by atoms with E-state index in [-0.39, 0.29) is 0 Å². The Hall–Kier alpha value is -0.120. The van der Waals surface area contributed by atoms with Gasteiger partial charge in [0.05, 0.1) is 0 Å². The molecule has 2 heterocycles. The number of rotatable bonds is 4. The summed E-state index contributed by atoms with van der Waals surface area (Å²) in [6.45, 7) is 9.93. The Labute approximate surface area is 107 Å². The summed E-state index contributed by atoms with van der Waals surface area (Å²) in [7, 11) is 2.27. The minimum Gasteiger partial charge on any atom is -0.311 e. The second kappa shape index (κ2) is 6.72. The molecule has 1 N–H and O–H groups in total. The molecule has 0 aromatic rings. The molecule has 100 valence electrons. The molecule has 2 aliphatic rings. The van der Waals surface area contributed by atoms with Crippen molar-refractivity contribution in [2.45, 2.75) is 38.6 Å². The molecule has 2 fully saturated rings. The number of likely N-dealkylation sites (tertiary alicyclic amines) is 1. The molecule has 2 unspecified atom stereocenters. The summed E-state index contributed by atoms with van der Waals surface area (Å²) >= 11 is 0. The summed E-state index contributed by atoms with van der Waals surface area (Å²) in [4.78, 5) is 5.19. The Kier molecular flexibility index (Phi) is 5.26. The minimum absolute atomic E-state index is 0.745. The standard InChI is InChI=1S/C14H29N3/c1-3-5-14-12-17(9-7-15-14)11-13-6-4-8-16(2)10-13/h13-15H,3-12H2,1-2H3. The van der Waals surface area contributed by atoms with Gasteiger partial charge in [0.1, 0.15) is 0 Å². The van der Waals surface area contributed by atoms with Gasteiger partial charge in [-0.2, -0.15) is 0 Å². The van der Waals surface area contributed by atoms with E-state index in [9.17, 15) is 0 Å². The van der Waals surface area contributed by atoms with Crippen LogP contribution in [-0.2, 0) is 0 Å². The molecule has 0 aliphatic carbocycles. The van der Waals surface area contributed by atoms with Crippen LogP contribution in [0, 0.1) is 5.92 Å². The van der Waals surface area contributed by atoms with Gasteiger partial charge in [0, 0.05) is 38.8 Å². The molecule has 0 aromatic carbocycles. The van der Waals surface area contributed by atoms with Crippen molar-refractivity contribution >= 4 is 0 Å². The Balaban J connectivity index is 1.74. The average molecular weight is 239 g/mol. The summed E-state index contributed by atoms with van der Waals surface area (Å²) in [5.74, 6) is 0.911. The zero-order valence-corrected chi connectivity index (χ0v) is 11.6. The first kappa shape index (κ1) is 13.3. The number of hydrogen-bond acceptors (Lipinski definition) is 3. The SMILES string of the molecule is CCCC1CN(CC2CCCN(C)C2)CCN1. The van der Waals surface area contributed by atoms with Crippen LogP contribution in [0.25, 0.3) is 0 Å². The molecule has 0 amide bonds. The highest BCUT2D eigenvalue weighted by Gasteiger charge is 2.23. The lowest BCUT2D eigenvalue weighted by molar-refractivity contribution is 0.125. The third kappa shape index (κ3) is 4.23. The van der Waals surface area contributed by atoms with Crippen LogP contribution in [-0.4, -0.2) is 62.2 Å². The van der Waals surface area contributed by atoms with E-state index >= 15 is 0 Å². The number of nitrogens with one attached hydrogen (secondary N) is 1. The normalized spacial score (nSPS) is 32.8. The van der Waals surface area contributed by atoms with Gasteiger partial charge < -0.3 is 15.1 Å². The number of nitrogens with zero attached hydrogens (tertiary/aromatic N) is 2. The first-order valence-corrected chi connectivity index (χ1v) is 7.42. The minimum atomic E-state index is 0.745. The summed E-state index contributed by atoms with van der Waals surface area (Å²) < 4.78 is 0. The van der Waals surface area contributed by atoms with Gasteiger partial charge in [-0.3, -0.25) is 0 Å². The lowest BCUT2D eigenvalue weighted by Gasteiger charge is -2.38. The number of piperazine rings is 1. The van der Waals surface area contributed by atoms with Crippen molar-refractivity contribution in [2.24, 2.45) is 5.92 Å². The number of piperidine rings is 1. The van der Waals surface area contributed by atoms with Crippen LogP contribution in [0.1, 0.15) is 32.6 Å². The zero-order valence-electron chi connectivity index (χ0n) is 11.6. The summed E-state index contributed by atoms with van der Waals surface area (Å²) in [5, 5.41) is 3.64. The molecule has 2 atom stereocenters. The molecular weight excluding hydrogens is 210 g/mol. The van der Waals surface area contributed by atoms with Crippen molar-refractivity contribution in [3.63, 3.8) is 0 Å². The topological polar surface area (TPSA) is 18.5 Å². The largest absolute Gasteiger partial charge is 0.311 e. The van der Waals surface area contributed by atoms with Gasteiger partial charge in [0.2, 0.25) is 0 Å². The Morgan fingerprint density at radius 3 is 2.88 bits per heavy atom. The predicted octanol–water partition coefficient (Wildman–Crippen LogP) is 1.40. The molecule has 2 saturated heterocycles. The monoisotopic (exact) mass is 239 g/mol. The van der Waals surface area contributed by atoms with Crippen LogP contribution < -0.4 is 5.32 Å². The highest BCUT2D eigenvalue weighted by molar-refractivity contribution is 4.81. The zero-order chi connectivity index (χ0) is 12.1. The first-order valence-electron chi connectivity index (χ1n) is 7.42. The molecule has 0 bridgehead atoms. The van der Waals surface area contributed by atoms with Gasteiger partial charge in [-0.05, 0) is 38.8 Å². The fourth-order valence-electron chi connectivity index (χ4n) is 3.39. The average Bonchev–Trinajstić information content (AvgIpc) is 2.30. The maximum atomic E-state index is 3.64. The maximum absolute atomic E-state index is 3.64. The molecule has 17 heavy (non-hydrogen) atoms. The lowest BCUT2D eigenvalue weighted by atomic mass is 9.97. The molecule has 3 nitrogen and oxygen atoms in total. The van der Waals surface area contributed by atoms with Crippen molar-refractivity contribution in [1.82, 2.24) is 15.1 Å². The molecule has 0 aromatic heterocycles. The Morgan fingerprint density at radius 1 is 1.24 bits per heavy atom. The molecule has 2 rings (SSSR count). The molecule has 0 spiro atoms. The van der Waals surface area contributed by atoms with E-state index in [1.807, 2.05) is 0 Å². The van der Waals surface area contributed by atoms with E-state index in [2.05, 4.69) is 29.1 Å². The van der Waals surface area contributed by atoms with Crippen LogP contribution in [0.2, 0.25) is 0 Å². The molecular formula is C14H29N3. The van der Waals surface area contributed by atoms with E-state index in [1.54, 1.807) is 0 Å². The van der Waals surface area contributed by atoms with Gasteiger partial charge in [0.25, 0.3) is 0 Å². The van der Waals surface area contributed by atoms with Crippen LogP contribution in [0.3, 0.4) is 0 Å². The van der Waals surface area contributed by atoms with Crippen LogP contribution in [0.15, 0.2) is 0 Å². The first-order chi connectivity index (χ1) is 8.28. The van der Waals surface area contributed by atoms with Crippen molar-refractivity contribution in [2.75, 3.05) is 46.3 Å². The van der Waals surface area contributed by atoms with Crippen molar-refractivity contribution in [3.8, 4) is 0 Å². The summed E-state index contributed by atoms with van der Waals surface area (Å²) in [6, 6.07) is 0.745. The lowest BCUT2D eigenvalue weighted by Crippen LogP contribution is -2.52. The summed E-state index contributed by atoms with van der Waals surface area (Å²) in [6.07, 6.45) is 5.47. The van der Waals surface area contributed by atoms with Crippen LogP contribution in [0.5, 0.6) is 0 Å². The van der Waals surface area contributed by atoms with Gasteiger partial charge in [0.15, 0.2) is 0 Å². The van der Waals surface area contributed by atoms with Crippen molar-refractivity contribution < 1.29 is 0 Å². The highest BCUT2D eigenvalue weighted by Crippen LogP contribution is 2.17. The van der Waals surface area contributed by atoms with Crippen molar-refractivity contribution in [3.05, 3.63) is 0 Å². The van der Waals surface area contributed by atoms with Gasteiger partial charge in [-0.15, -0.1) is 0 Å². The molecule has 0 radical (unpaired) electrons. The fraction of sp³-hybridized carbons (Fsp3) is 1.00. The van der Waals surface area contributed by atoms with Crippen LogP contribution >= 0.6 is 0 Å². The quantitative estimate of drug-likeness (QED) is 0.800. The number of hydrogen-bond donors (Lipinski definition) is 1. The Morgan fingerprint density at radius 2 is 2.12 bits per heavy atom. The third-order valence-corrected chi connectivity index (χ3v) is 4.22. The van der Waals surface area contributed by atoms with E-state index < -0.39 is 0 Å². The van der Waals surface area contributed by atoms with E-state index in [4.69, 9.17) is 0 Å². The second-order valence-corrected chi connectivity index (χ2v) is 5.97. The van der Waals surface area contributed by atoms with Gasteiger partial charge in [-0.25, -0.2) is 0 Å². The van der Waals surface area contributed by atoms with E-state index in [0.29, 0.717) is 0 Å². The maximum Gasteiger partial charge on any atom is 0.0195 e. The molecule has 2 aliphatic heterocycles. The van der Waals surface area contributed by atoms with Crippen LogP contribution in [0.4, 0.5) is 0 Å². The molecule has 0 saturated carbocycles. The second-order valence-electron chi connectivity index (χ2n) is 5.97. The predicted molar refractivity (Wildman–Crippen MR) is 73.4 cm³/mol. The smallest absolute Gasteiger partial charge is 0.0195 e. The van der Waals surface area contributed by atoms with Gasteiger partial charge in [-0.1, -0.05) is 13.3 Å². The highest BCUT2D eigenvalue weighted by atomic mass is 15.2. The Bertz CT molecular complexity index is 218. The van der Waals surface area contributed by atoms with E-state index in [1.165, 1.54) is 65.0 Å². The summed E-state index contributed by atoms with van der Waals surface area (Å²) in [5.41, 5.74) is 0.